The first-order chi connectivity index (χ1) is 14.0. The lowest BCUT2D eigenvalue weighted by Crippen LogP contribution is -2.36. The second-order valence-electron chi connectivity index (χ2n) is 6.81. The average molecular weight is 415 g/mol. The standard InChI is InChI=1S/C22H23ClN2O4/c1-3-4-7-16-9-21(26)29-19-11-20(18(23)10-17(16)19)28-14(2)22(27)25-13-15-6-5-8-24-12-15/h5-6,8-12,14H,3-4,7,13H2,1-2H3,(H,25,27)/t14-/m0/s1. The van der Waals surface area contributed by atoms with Gasteiger partial charge in [-0.05, 0) is 43.0 Å². The summed E-state index contributed by atoms with van der Waals surface area (Å²) in [7, 11) is 0. The minimum absolute atomic E-state index is 0.289. The first-order valence-electron chi connectivity index (χ1n) is 9.57. The second kappa shape index (κ2) is 9.56. The van der Waals surface area contributed by atoms with Crippen molar-refractivity contribution in [3.05, 3.63) is 69.3 Å². The molecule has 152 valence electrons. The molecule has 29 heavy (non-hydrogen) atoms. The van der Waals surface area contributed by atoms with E-state index in [1.54, 1.807) is 37.5 Å². The van der Waals surface area contributed by atoms with Gasteiger partial charge in [-0.3, -0.25) is 9.78 Å². The summed E-state index contributed by atoms with van der Waals surface area (Å²) in [6.45, 7) is 4.07. The molecule has 1 amide bonds. The Morgan fingerprint density at radius 3 is 2.90 bits per heavy atom. The van der Waals surface area contributed by atoms with E-state index >= 15 is 0 Å². The first kappa shape index (κ1) is 20.9. The molecule has 0 saturated carbocycles. The molecule has 0 saturated heterocycles. The van der Waals surface area contributed by atoms with Crippen LogP contribution in [0.3, 0.4) is 0 Å². The van der Waals surface area contributed by atoms with Gasteiger partial charge < -0.3 is 14.5 Å². The fourth-order valence-electron chi connectivity index (χ4n) is 2.97. The number of rotatable bonds is 8. The lowest BCUT2D eigenvalue weighted by atomic mass is 10.0. The third kappa shape index (κ3) is 5.35. The van der Waals surface area contributed by atoms with Crippen LogP contribution in [0.4, 0.5) is 0 Å². The normalized spacial score (nSPS) is 12.0. The van der Waals surface area contributed by atoms with Gasteiger partial charge in [-0.2, -0.15) is 0 Å². The molecule has 0 aliphatic heterocycles. The van der Waals surface area contributed by atoms with Crippen LogP contribution in [0.5, 0.6) is 5.75 Å². The van der Waals surface area contributed by atoms with E-state index in [4.69, 9.17) is 20.8 Å². The maximum atomic E-state index is 12.3. The summed E-state index contributed by atoms with van der Waals surface area (Å²) in [4.78, 5) is 28.3. The predicted molar refractivity (Wildman–Crippen MR) is 112 cm³/mol. The van der Waals surface area contributed by atoms with Gasteiger partial charge in [-0.15, -0.1) is 0 Å². The molecule has 7 heteroatoms. The average Bonchev–Trinajstić information content (AvgIpc) is 2.72. The second-order valence-corrected chi connectivity index (χ2v) is 7.22. The highest BCUT2D eigenvalue weighted by Gasteiger charge is 2.18. The SMILES string of the molecule is CCCCc1cc(=O)oc2cc(O[C@@H](C)C(=O)NCc3cccnc3)c(Cl)cc12. The number of benzene rings is 1. The van der Waals surface area contributed by atoms with Crippen molar-refractivity contribution < 1.29 is 13.9 Å². The van der Waals surface area contributed by atoms with Gasteiger partial charge in [-0.25, -0.2) is 4.79 Å². The van der Waals surface area contributed by atoms with Gasteiger partial charge in [-0.1, -0.05) is 31.0 Å². The zero-order valence-electron chi connectivity index (χ0n) is 16.4. The summed E-state index contributed by atoms with van der Waals surface area (Å²) in [5.74, 6) is 0.00199. The van der Waals surface area contributed by atoms with Crippen LogP contribution in [0, 0.1) is 0 Å². The van der Waals surface area contributed by atoms with Gasteiger partial charge in [0, 0.05) is 36.5 Å². The largest absolute Gasteiger partial charge is 0.479 e. The molecule has 2 heterocycles. The molecule has 1 N–H and O–H groups in total. The molecule has 0 radical (unpaired) electrons. The Balaban J connectivity index is 1.76. The van der Waals surface area contributed by atoms with E-state index in [0.29, 0.717) is 22.9 Å². The van der Waals surface area contributed by atoms with E-state index < -0.39 is 11.7 Å². The maximum Gasteiger partial charge on any atom is 0.336 e. The highest BCUT2D eigenvalue weighted by Crippen LogP contribution is 2.32. The molecule has 0 spiro atoms. The Morgan fingerprint density at radius 2 is 2.17 bits per heavy atom. The molecule has 0 fully saturated rings. The predicted octanol–water partition coefficient (Wildman–Crippen LogP) is 4.27. The van der Waals surface area contributed by atoms with E-state index in [0.717, 1.165) is 35.8 Å². The minimum Gasteiger partial charge on any atom is -0.479 e. The number of hydrogen-bond acceptors (Lipinski definition) is 5. The van der Waals surface area contributed by atoms with E-state index in [-0.39, 0.29) is 5.91 Å². The summed E-state index contributed by atoms with van der Waals surface area (Å²) >= 11 is 6.39. The van der Waals surface area contributed by atoms with Crippen molar-refractivity contribution in [1.82, 2.24) is 10.3 Å². The first-order valence-corrected chi connectivity index (χ1v) is 9.95. The van der Waals surface area contributed by atoms with Crippen molar-refractivity contribution in [3.8, 4) is 5.75 Å². The fourth-order valence-corrected chi connectivity index (χ4v) is 3.18. The van der Waals surface area contributed by atoms with E-state index in [2.05, 4.69) is 17.2 Å². The number of nitrogens with zero attached hydrogens (tertiary/aromatic N) is 1. The van der Waals surface area contributed by atoms with E-state index in [9.17, 15) is 9.59 Å². The van der Waals surface area contributed by atoms with Crippen LogP contribution in [0.15, 0.2) is 51.9 Å². The number of halogens is 1. The van der Waals surface area contributed by atoms with Crippen molar-refractivity contribution in [2.75, 3.05) is 0 Å². The maximum absolute atomic E-state index is 12.3. The van der Waals surface area contributed by atoms with Crippen LogP contribution in [0.1, 0.15) is 37.8 Å². The summed E-state index contributed by atoms with van der Waals surface area (Å²) in [6, 6.07) is 8.47. The van der Waals surface area contributed by atoms with Crippen LogP contribution < -0.4 is 15.7 Å². The Labute approximate surface area is 173 Å². The van der Waals surface area contributed by atoms with Crippen LogP contribution in [-0.2, 0) is 17.8 Å². The number of nitrogens with one attached hydrogen (secondary N) is 1. The smallest absolute Gasteiger partial charge is 0.336 e. The summed E-state index contributed by atoms with van der Waals surface area (Å²) in [6.07, 6.45) is 5.32. The van der Waals surface area contributed by atoms with Crippen LogP contribution in [-0.4, -0.2) is 17.0 Å². The number of ether oxygens (including phenoxy) is 1. The summed E-state index contributed by atoms with van der Waals surface area (Å²) in [5, 5.41) is 3.94. The molecule has 0 aliphatic carbocycles. The van der Waals surface area contributed by atoms with Crippen molar-refractivity contribution >= 4 is 28.5 Å². The molecule has 0 unspecified atom stereocenters. The number of aryl methyl sites for hydroxylation is 1. The van der Waals surface area contributed by atoms with Crippen molar-refractivity contribution in [2.45, 2.75) is 45.8 Å². The third-order valence-electron chi connectivity index (χ3n) is 4.54. The lowest BCUT2D eigenvalue weighted by Gasteiger charge is -2.16. The highest BCUT2D eigenvalue weighted by molar-refractivity contribution is 6.32. The number of aromatic nitrogens is 1. The number of fused-ring (bicyclic) bond motifs is 1. The van der Waals surface area contributed by atoms with Crippen LogP contribution in [0.2, 0.25) is 5.02 Å². The Hall–Kier alpha value is -2.86. The molecule has 6 nitrogen and oxygen atoms in total. The molecule has 1 aromatic carbocycles. The molecular weight excluding hydrogens is 392 g/mol. The van der Waals surface area contributed by atoms with Gasteiger partial charge in [0.25, 0.3) is 5.91 Å². The number of pyridine rings is 1. The monoisotopic (exact) mass is 414 g/mol. The van der Waals surface area contributed by atoms with Gasteiger partial charge in [0.05, 0.1) is 5.02 Å². The topological polar surface area (TPSA) is 81.4 Å². The molecule has 3 rings (SSSR count). The van der Waals surface area contributed by atoms with Crippen LogP contribution >= 0.6 is 11.6 Å². The molecule has 3 aromatic rings. The number of amides is 1. The Bertz CT molecular complexity index is 1050. The van der Waals surface area contributed by atoms with Gasteiger partial charge >= 0.3 is 5.63 Å². The van der Waals surface area contributed by atoms with Crippen LogP contribution in [0.25, 0.3) is 11.0 Å². The fraction of sp³-hybridized carbons (Fsp3) is 0.318. The molecular formula is C22H23ClN2O4. The lowest BCUT2D eigenvalue weighted by molar-refractivity contribution is -0.127. The molecule has 0 aliphatic rings. The zero-order valence-corrected chi connectivity index (χ0v) is 17.2. The summed E-state index contributed by atoms with van der Waals surface area (Å²) < 4.78 is 11.1. The number of hydrogen-bond donors (Lipinski definition) is 1. The minimum atomic E-state index is -0.781. The van der Waals surface area contributed by atoms with E-state index in [1.807, 2.05) is 6.07 Å². The quantitative estimate of drug-likeness (QED) is 0.557. The van der Waals surface area contributed by atoms with Crippen molar-refractivity contribution in [1.29, 1.82) is 0 Å². The van der Waals surface area contributed by atoms with Gasteiger partial charge in [0.2, 0.25) is 0 Å². The number of unbranched alkanes of at least 4 members (excludes halogenated alkanes) is 1. The Morgan fingerprint density at radius 1 is 1.34 bits per heavy atom. The van der Waals surface area contributed by atoms with Crippen molar-refractivity contribution in [2.24, 2.45) is 0 Å². The zero-order chi connectivity index (χ0) is 20.8. The van der Waals surface area contributed by atoms with Gasteiger partial charge in [0.15, 0.2) is 6.10 Å². The van der Waals surface area contributed by atoms with E-state index in [1.165, 1.54) is 6.07 Å². The molecule has 2 aromatic heterocycles. The molecule has 0 bridgehead atoms. The van der Waals surface area contributed by atoms with Crippen molar-refractivity contribution in [3.63, 3.8) is 0 Å². The Kier molecular flexibility index (Phi) is 6.88. The molecule has 1 atom stereocenters. The number of carbonyl (C=O) groups excluding carboxylic acids is 1. The summed E-state index contributed by atoms with van der Waals surface area (Å²) in [5.41, 5.74) is 1.76. The van der Waals surface area contributed by atoms with Gasteiger partial charge in [0.1, 0.15) is 11.3 Å². The highest BCUT2D eigenvalue weighted by atomic mass is 35.5. The third-order valence-corrected chi connectivity index (χ3v) is 4.84. The number of carbonyl (C=O) groups is 1.